The van der Waals surface area contributed by atoms with E-state index in [4.69, 9.17) is 45.3 Å². The van der Waals surface area contributed by atoms with E-state index in [-0.39, 0.29) is 41.3 Å². The maximum atomic E-state index is 13.7. The lowest BCUT2D eigenvalue weighted by molar-refractivity contribution is -0.126. The first-order valence-corrected chi connectivity index (χ1v) is 13.0. The van der Waals surface area contributed by atoms with E-state index >= 15 is 0 Å². The molecule has 1 aliphatic heterocycles. The molecular formula is C26H25Cl3N6O3. The van der Waals surface area contributed by atoms with Gasteiger partial charge in [0.15, 0.2) is 5.69 Å². The summed E-state index contributed by atoms with van der Waals surface area (Å²) in [5, 5.41) is 19.0. The number of amides is 2. The summed E-state index contributed by atoms with van der Waals surface area (Å²) in [6.45, 7) is 4.35. The molecule has 0 atom stereocenters. The monoisotopic (exact) mass is 574 g/mol. The van der Waals surface area contributed by atoms with E-state index in [1.165, 1.54) is 10.7 Å². The summed E-state index contributed by atoms with van der Waals surface area (Å²) in [6.07, 6.45) is 0.651. The van der Waals surface area contributed by atoms with Crippen LogP contribution in [0.5, 0.6) is 11.6 Å². The van der Waals surface area contributed by atoms with E-state index in [2.05, 4.69) is 16.5 Å². The summed E-state index contributed by atoms with van der Waals surface area (Å²) in [5.41, 5.74) is 4.99. The lowest BCUT2D eigenvalue weighted by Crippen LogP contribution is -2.62. The summed E-state index contributed by atoms with van der Waals surface area (Å²) in [6, 6.07) is 13.4. The Kier molecular flexibility index (Phi) is 8.19. The summed E-state index contributed by atoms with van der Waals surface area (Å²) in [4.78, 5) is 27.5. The van der Waals surface area contributed by atoms with Crippen LogP contribution < -0.4 is 15.8 Å². The Balaban J connectivity index is 1.73. The number of rotatable bonds is 7. The number of nitrogens with two attached hydrogens (primary N) is 1. The molecule has 4 rings (SSSR count). The fourth-order valence-electron chi connectivity index (χ4n) is 4.43. The van der Waals surface area contributed by atoms with Crippen molar-refractivity contribution in [3.05, 3.63) is 68.8 Å². The second-order valence-corrected chi connectivity index (χ2v) is 10.5. The van der Waals surface area contributed by atoms with Crippen molar-refractivity contribution in [3.63, 3.8) is 0 Å². The third kappa shape index (κ3) is 5.59. The van der Waals surface area contributed by atoms with E-state index in [1.54, 1.807) is 41.3 Å². The Morgan fingerprint density at radius 1 is 1.11 bits per heavy atom. The van der Waals surface area contributed by atoms with E-state index in [1.807, 2.05) is 13.8 Å². The molecule has 1 aliphatic rings. The highest BCUT2D eigenvalue weighted by Gasteiger charge is 2.42. The van der Waals surface area contributed by atoms with Crippen LogP contribution in [0.4, 0.5) is 0 Å². The van der Waals surface area contributed by atoms with Crippen LogP contribution in [-0.2, 0) is 4.79 Å². The predicted molar refractivity (Wildman–Crippen MR) is 145 cm³/mol. The van der Waals surface area contributed by atoms with Gasteiger partial charge in [-0.15, -0.1) is 0 Å². The largest absolute Gasteiger partial charge is 0.438 e. The van der Waals surface area contributed by atoms with Gasteiger partial charge in [-0.2, -0.15) is 15.0 Å². The number of carbonyl (C=O) groups is 2. The summed E-state index contributed by atoms with van der Waals surface area (Å²) in [5.74, 6) is -0.558. The van der Waals surface area contributed by atoms with Gasteiger partial charge in [0, 0.05) is 29.2 Å². The fraction of sp³-hybridized carbons (Fsp3) is 0.308. The molecule has 0 aliphatic carbocycles. The number of benzene rings is 2. The molecule has 2 aromatic carbocycles. The van der Waals surface area contributed by atoms with Crippen molar-refractivity contribution < 1.29 is 14.3 Å². The van der Waals surface area contributed by atoms with Gasteiger partial charge in [0.1, 0.15) is 22.9 Å². The van der Waals surface area contributed by atoms with Crippen LogP contribution in [0.3, 0.4) is 0 Å². The zero-order valence-corrected chi connectivity index (χ0v) is 22.9. The molecule has 12 heteroatoms. The smallest absolute Gasteiger partial charge is 0.275 e. The Morgan fingerprint density at radius 3 is 2.29 bits per heavy atom. The Morgan fingerprint density at radius 2 is 1.74 bits per heavy atom. The highest BCUT2D eigenvalue weighted by atomic mass is 35.5. The molecule has 0 unspecified atom stereocenters. The minimum atomic E-state index is -0.915. The number of aromatic nitrogens is 2. The standard InChI is InChI=1S/C26H25Cl3N6O3/c1-15(2)32-26(25(31)37)9-11-34(12-10-26)23(36)22-19(14-30)24(38-18-6-3-16(27)4-7-18)35(33-22)21-8-5-17(28)13-20(21)29/h3-8,13,15,32H,9-12H2,1-2H3,(H2,31,37). The first-order chi connectivity index (χ1) is 18.0. The van der Waals surface area contributed by atoms with Crippen molar-refractivity contribution in [2.45, 2.75) is 38.3 Å². The van der Waals surface area contributed by atoms with Gasteiger partial charge in [0.2, 0.25) is 11.8 Å². The van der Waals surface area contributed by atoms with Crippen LogP contribution in [-0.4, -0.2) is 51.2 Å². The molecule has 0 bridgehead atoms. The molecule has 0 radical (unpaired) electrons. The maximum Gasteiger partial charge on any atom is 0.275 e. The van der Waals surface area contributed by atoms with E-state index < -0.39 is 17.4 Å². The lowest BCUT2D eigenvalue weighted by atomic mass is 9.85. The maximum absolute atomic E-state index is 13.7. The highest BCUT2D eigenvalue weighted by Crippen LogP contribution is 2.35. The summed E-state index contributed by atoms with van der Waals surface area (Å²) >= 11 is 18.5. The van der Waals surface area contributed by atoms with Gasteiger partial charge in [0.05, 0.1) is 10.7 Å². The zero-order valence-electron chi connectivity index (χ0n) is 20.7. The molecule has 9 nitrogen and oxygen atoms in total. The number of primary amides is 1. The van der Waals surface area contributed by atoms with Gasteiger partial charge in [-0.05, 0) is 69.2 Å². The number of carbonyl (C=O) groups excluding carboxylic acids is 2. The summed E-state index contributed by atoms with van der Waals surface area (Å²) < 4.78 is 7.34. The Labute approximate surface area is 235 Å². The van der Waals surface area contributed by atoms with Gasteiger partial charge in [-0.3, -0.25) is 9.59 Å². The van der Waals surface area contributed by atoms with Gasteiger partial charge < -0.3 is 20.7 Å². The lowest BCUT2D eigenvalue weighted by Gasteiger charge is -2.41. The van der Waals surface area contributed by atoms with Crippen LogP contribution in [0.2, 0.25) is 15.1 Å². The third-order valence-corrected chi connectivity index (χ3v) is 7.05. The molecule has 3 N–H and O–H groups in total. The second-order valence-electron chi connectivity index (χ2n) is 9.24. The average molecular weight is 576 g/mol. The number of nitriles is 1. The Hall–Kier alpha value is -3.29. The number of hydrogen-bond donors (Lipinski definition) is 2. The second kappa shape index (κ2) is 11.2. The zero-order chi connectivity index (χ0) is 27.6. The van der Waals surface area contributed by atoms with Crippen molar-refractivity contribution in [1.82, 2.24) is 20.0 Å². The highest BCUT2D eigenvalue weighted by molar-refractivity contribution is 6.35. The molecule has 2 amide bonds. The molecule has 0 saturated carbocycles. The molecular weight excluding hydrogens is 551 g/mol. The van der Waals surface area contributed by atoms with Crippen LogP contribution in [0.1, 0.15) is 42.7 Å². The minimum absolute atomic E-state index is 0.00682. The van der Waals surface area contributed by atoms with Crippen LogP contribution in [0, 0.1) is 11.3 Å². The number of nitrogens with one attached hydrogen (secondary N) is 1. The summed E-state index contributed by atoms with van der Waals surface area (Å²) in [7, 11) is 0. The van der Waals surface area contributed by atoms with E-state index in [9.17, 15) is 14.9 Å². The van der Waals surface area contributed by atoms with Crippen molar-refractivity contribution >= 4 is 46.6 Å². The Bertz CT molecular complexity index is 1410. The number of halogens is 3. The van der Waals surface area contributed by atoms with Gasteiger partial charge in [0.25, 0.3) is 5.91 Å². The number of likely N-dealkylation sites (tertiary alicyclic amines) is 1. The van der Waals surface area contributed by atoms with Crippen molar-refractivity contribution in [1.29, 1.82) is 5.26 Å². The van der Waals surface area contributed by atoms with E-state index in [0.717, 1.165) is 0 Å². The van der Waals surface area contributed by atoms with Crippen molar-refractivity contribution in [2.24, 2.45) is 5.73 Å². The average Bonchev–Trinajstić information content (AvgIpc) is 3.22. The SMILES string of the molecule is CC(C)NC1(C(N)=O)CCN(C(=O)c2nn(-c3ccc(Cl)cc3Cl)c(Oc3ccc(Cl)cc3)c2C#N)CC1. The van der Waals surface area contributed by atoms with Crippen molar-refractivity contribution in [3.8, 4) is 23.4 Å². The van der Waals surface area contributed by atoms with Gasteiger partial charge in [-0.25, -0.2) is 0 Å². The topological polar surface area (TPSA) is 126 Å². The van der Waals surface area contributed by atoms with Gasteiger partial charge >= 0.3 is 0 Å². The predicted octanol–water partition coefficient (Wildman–Crippen LogP) is 4.95. The minimum Gasteiger partial charge on any atom is -0.438 e. The number of hydrogen-bond acceptors (Lipinski definition) is 6. The molecule has 198 valence electrons. The molecule has 1 aromatic heterocycles. The number of ether oxygens (including phenoxy) is 1. The molecule has 0 spiro atoms. The van der Waals surface area contributed by atoms with Gasteiger partial charge in [-0.1, -0.05) is 34.8 Å². The van der Waals surface area contributed by atoms with Crippen LogP contribution >= 0.6 is 34.8 Å². The first kappa shape index (κ1) is 27.7. The fourth-order valence-corrected chi connectivity index (χ4v) is 5.05. The number of piperidine rings is 1. The molecule has 2 heterocycles. The quantitative estimate of drug-likeness (QED) is 0.410. The van der Waals surface area contributed by atoms with Crippen LogP contribution in [0.25, 0.3) is 5.69 Å². The normalized spacial score (nSPS) is 14.8. The number of nitrogens with zero attached hydrogens (tertiary/aromatic N) is 4. The first-order valence-electron chi connectivity index (χ1n) is 11.8. The molecule has 3 aromatic rings. The molecule has 1 saturated heterocycles. The third-order valence-electron chi connectivity index (χ3n) is 6.26. The molecule has 38 heavy (non-hydrogen) atoms. The van der Waals surface area contributed by atoms with Crippen LogP contribution in [0.15, 0.2) is 42.5 Å². The van der Waals surface area contributed by atoms with E-state index in [0.29, 0.717) is 34.3 Å². The molecule has 1 fully saturated rings. The van der Waals surface area contributed by atoms with Crippen molar-refractivity contribution in [2.75, 3.05) is 13.1 Å².